The quantitative estimate of drug-likeness (QED) is 0.721. The number of carbonyl (C=O) groups is 1. The molecule has 1 unspecified atom stereocenters. The largest absolute Gasteiger partial charge is 0.480 e. The number of aliphatic carboxylic acids is 1. The van der Waals surface area contributed by atoms with Crippen LogP contribution in [0.25, 0.3) is 0 Å². The van der Waals surface area contributed by atoms with Gasteiger partial charge in [-0.3, -0.25) is 9.69 Å². The lowest BCUT2D eigenvalue weighted by Gasteiger charge is -2.35. The molecular formula is C14H26N2O3. The van der Waals surface area contributed by atoms with Crippen LogP contribution in [0.15, 0.2) is 0 Å². The lowest BCUT2D eigenvalue weighted by Crippen LogP contribution is -2.61. The number of hydrogen-bond donors (Lipinski definition) is 2. The van der Waals surface area contributed by atoms with Crippen molar-refractivity contribution >= 4 is 5.97 Å². The maximum absolute atomic E-state index is 11.8. The van der Waals surface area contributed by atoms with Gasteiger partial charge in [-0.2, -0.15) is 0 Å². The van der Waals surface area contributed by atoms with Crippen LogP contribution in [0.4, 0.5) is 0 Å². The van der Waals surface area contributed by atoms with Crippen molar-refractivity contribution in [2.45, 2.75) is 38.1 Å². The molecule has 1 atom stereocenters. The molecule has 2 fully saturated rings. The molecule has 5 heteroatoms. The maximum atomic E-state index is 11.8. The Labute approximate surface area is 115 Å². The molecule has 1 aliphatic heterocycles. The van der Waals surface area contributed by atoms with Crippen molar-refractivity contribution in [3.8, 4) is 0 Å². The molecule has 0 spiro atoms. The number of nitrogens with one attached hydrogen (secondary N) is 1. The van der Waals surface area contributed by atoms with E-state index in [1.165, 1.54) is 0 Å². The Hall–Kier alpha value is -0.650. The summed E-state index contributed by atoms with van der Waals surface area (Å²) in [6.45, 7) is 6.75. The van der Waals surface area contributed by atoms with Gasteiger partial charge in [0.15, 0.2) is 0 Å². The highest BCUT2D eigenvalue weighted by molar-refractivity contribution is 5.80. The second-order valence-electron chi connectivity index (χ2n) is 5.72. The molecule has 1 aliphatic carbocycles. The van der Waals surface area contributed by atoms with Crippen molar-refractivity contribution in [2.24, 2.45) is 5.92 Å². The molecule has 0 radical (unpaired) electrons. The first-order valence-electron chi connectivity index (χ1n) is 7.47. The van der Waals surface area contributed by atoms with Crippen molar-refractivity contribution in [1.29, 1.82) is 0 Å². The van der Waals surface area contributed by atoms with E-state index in [2.05, 4.69) is 17.1 Å². The van der Waals surface area contributed by atoms with Crippen molar-refractivity contribution in [2.75, 3.05) is 39.4 Å². The van der Waals surface area contributed by atoms with E-state index in [0.717, 1.165) is 51.9 Å². The molecular weight excluding hydrogens is 244 g/mol. The van der Waals surface area contributed by atoms with Gasteiger partial charge in [-0.05, 0) is 38.1 Å². The fourth-order valence-electron chi connectivity index (χ4n) is 2.88. The van der Waals surface area contributed by atoms with Gasteiger partial charge in [-0.1, -0.05) is 6.92 Å². The van der Waals surface area contributed by atoms with Crippen LogP contribution < -0.4 is 5.32 Å². The molecule has 0 bridgehead atoms. The summed E-state index contributed by atoms with van der Waals surface area (Å²) < 4.78 is 5.45. The molecule has 2 N–H and O–H groups in total. The molecule has 0 amide bonds. The van der Waals surface area contributed by atoms with E-state index in [9.17, 15) is 9.90 Å². The van der Waals surface area contributed by atoms with E-state index in [0.29, 0.717) is 19.1 Å². The maximum Gasteiger partial charge on any atom is 0.325 e. The van der Waals surface area contributed by atoms with Crippen molar-refractivity contribution in [1.82, 2.24) is 10.2 Å². The van der Waals surface area contributed by atoms with Crippen LogP contribution in [0.5, 0.6) is 0 Å². The molecule has 0 aromatic carbocycles. The lowest BCUT2D eigenvalue weighted by molar-refractivity contribution is -0.147. The third-order valence-corrected chi connectivity index (χ3v) is 4.13. The molecule has 1 heterocycles. The number of carboxylic acid groups (broad SMARTS) is 1. The monoisotopic (exact) mass is 270 g/mol. The zero-order valence-electron chi connectivity index (χ0n) is 11.9. The summed E-state index contributed by atoms with van der Waals surface area (Å²) in [5.74, 6) is -0.394. The van der Waals surface area contributed by atoms with Crippen LogP contribution in [-0.2, 0) is 9.53 Å². The molecule has 1 saturated carbocycles. The van der Waals surface area contributed by atoms with E-state index in [4.69, 9.17) is 4.74 Å². The van der Waals surface area contributed by atoms with Gasteiger partial charge in [0.25, 0.3) is 0 Å². The molecule has 2 rings (SSSR count). The lowest BCUT2D eigenvalue weighted by atomic mass is 9.92. The Morgan fingerprint density at radius 3 is 2.84 bits per heavy atom. The first-order chi connectivity index (χ1) is 9.19. The van der Waals surface area contributed by atoms with Gasteiger partial charge in [-0.15, -0.1) is 0 Å². The molecule has 110 valence electrons. The van der Waals surface area contributed by atoms with Crippen LogP contribution in [0.2, 0.25) is 0 Å². The van der Waals surface area contributed by atoms with E-state index in [-0.39, 0.29) is 0 Å². The van der Waals surface area contributed by atoms with Gasteiger partial charge in [0.2, 0.25) is 0 Å². The van der Waals surface area contributed by atoms with Crippen molar-refractivity contribution in [3.05, 3.63) is 0 Å². The molecule has 5 nitrogen and oxygen atoms in total. The normalized spacial score (nSPS) is 24.7. The van der Waals surface area contributed by atoms with Crippen molar-refractivity contribution < 1.29 is 14.6 Å². The second kappa shape index (κ2) is 6.68. The van der Waals surface area contributed by atoms with Crippen LogP contribution >= 0.6 is 0 Å². The number of nitrogens with zero attached hydrogens (tertiary/aromatic N) is 1. The Morgan fingerprint density at radius 2 is 2.21 bits per heavy atom. The summed E-state index contributed by atoms with van der Waals surface area (Å²) in [6.07, 6.45) is 4.03. The zero-order chi connectivity index (χ0) is 13.7. The molecule has 19 heavy (non-hydrogen) atoms. The Kier molecular flexibility index (Phi) is 5.19. The van der Waals surface area contributed by atoms with Crippen molar-refractivity contribution in [3.63, 3.8) is 0 Å². The Bertz CT molecular complexity index is 299. The fourth-order valence-corrected chi connectivity index (χ4v) is 2.88. The molecule has 1 saturated heterocycles. The van der Waals surface area contributed by atoms with E-state index >= 15 is 0 Å². The first-order valence-corrected chi connectivity index (χ1v) is 7.47. The molecule has 2 aliphatic rings. The standard InChI is InChI=1S/C14H26N2O3/c1-2-6-15-14(13(17)18,12-4-5-12)11-16-7-3-9-19-10-8-16/h12,15H,2-11H2,1H3,(H,17,18). The summed E-state index contributed by atoms with van der Waals surface area (Å²) >= 11 is 0. The van der Waals surface area contributed by atoms with E-state index in [1.807, 2.05) is 0 Å². The van der Waals surface area contributed by atoms with Crippen LogP contribution in [-0.4, -0.2) is 60.9 Å². The van der Waals surface area contributed by atoms with Gasteiger partial charge in [0, 0.05) is 26.2 Å². The minimum Gasteiger partial charge on any atom is -0.480 e. The van der Waals surface area contributed by atoms with Gasteiger partial charge < -0.3 is 15.2 Å². The first kappa shape index (κ1) is 14.8. The second-order valence-corrected chi connectivity index (χ2v) is 5.72. The summed E-state index contributed by atoms with van der Waals surface area (Å²) in [5.41, 5.74) is -0.750. The minimum absolute atomic E-state index is 0.292. The number of rotatable bonds is 7. The molecule has 0 aromatic rings. The highest BCUT2D eigenvalue weighted by Gasteiger charge is 2.51. The average molecular weight is 270 g/mol. The highest BCUT2D eigenvalue weighted by Crippen LogP contribution is 2.40. The number of carboxylic acids is 1. The summed E-state index contributed by atoms with van der Waals surface area (Å²) in [5, 5.41) is 13.1. The number of hydrogen-bond acceptors (Lipinski definition) is 4. The van der Waals surface area contributed by atoms with Gasteiger partial charge in [-0.25, -0.2) is 0 Å². The smallest absolute Gasteiger partial charge is 0.325 e. The Balaban J connectivity index is 2.04. The minimum atomic E-state index is -0.750. The third-order valence-electron chi connectivity index (χ3n) is 4.13. The fraction of sp³-hybridized carbons (Fsp3) is 0.929. The van der Waals surface area contributed by atoms with Crippen LogP contribution in [0, 0.1) is 5.92 Å². The SMILES string of the molecule is CCCNC(CN1CCCOCC1)(C(=O)O)C1CC1. The van der Waals surface area contributed by atoms with E-state index < -0.39 is 11.5 Å². The zero-order valence-corrected chi connectivity index (χ0v) is 11.9. The highest BCUT2D eigenvalue weighted by atomic mass is 16.5. The summed E-state index contributed by atoms with van der Waals surface area (Å²) in [7, 11) is 0. The Morgan fingerprint density at radius 1 is 1.42 bits per heavy atom. The van der Waals surface area contributed by atoms with Gasteiger partial charge in [0.05, 0.1) is 6.61 Å². The predicted octanol–water partition coefficient (Wildman–Crippen LogP) is 0.942. The molecule has 0 aromatic heterocycles. The predicted molar refractivity (Wildman–Crippen MR) is 73.3 cm³/mol. The topological polar surface area (TPSA) is 61.8 Å². The van der Waals surface area contributed by atoms with Gasteiger partial charge >= 0.3 is 5.97 Å². The average Bonchev–Trinajstić information content (AvgIpc) is 3.21. The van der Waals surface area contributed by atoms with E-state index in [1.54, 1.807) is 0 Å². The summed E-state index contributed by atoms with van der Waals surface area (Å²) in [4.78, 5) is 14.1. The van der Waals surface area contributed by atoms with Gasteiger partial charge in [0.1, 0.15) is 5.54 Å². The van der Waals surface area contributed by atoms with Crippen LogP contribution in [0.3, 0.4) is 0 Å². The number of ether oxygens (including phenoxy) is 1. The van der Waals surface area contributed by atoms with Crippen LogP contribution in [0.1, 0.15) is 32.6 Å². The third kappa shape index (κ3) is 3.68. The summed E-state index contributed by atoms with van der Waals surface area (Å²) in [6, 6.07) is 0.